The maximum absolute atomic E-state index is 14.0. The average molecular weight is 374 g/mol. The molecule has 3 nitrogen and oxygen atoms in total. The minimum Gasteiger partial charge on any atom is -0.407 e. The van der Waals surface area contributed by atoms with E-state index in [0.29, 0.717) is 16.3 Å². The lowest BCUT2D eigenvalue weighted by atomic mass is 10.2. The lowest BCUT2D eigenvalue weighted by Gasteiger charge is -2.22. The molecular weight excluding hydrogens is 361 g/mol. The smallest absolute Gasteiger partial charge is 0.407 e. The van der Waals surface area contributed by atoms with Crippen molar-refractivity contribution in [2.24, 2.45) is 0 Å². The van der Waals surface area contributed by atoms with Gasteiger partial charge >= 0.3 is 6.09 Å². The molecule has 0 saturated heterocycles. The van der Waals surface area contributed by atoms with Crippen LogP contribution in [0.2, 0.25) is 5.02 Å². The molecule has 0 bridgehead atoms. The number of carbonyl (C=O) groups is 1. The molecular formula is C19H13ClFNO2S. The molecule has 3 rings (SSSR count). The molecule has 0 aliphatic carbocycles. The molecule has 0 spiro atoms. The van der Waals surface area contributed by atoms with Gasteiger partial charge in [-0.25, -0.2) is 14.1 Å². The molecule has 1 amide bonds. The van der Waals surface area contributed by atoms with Crippen LogP contribution in [0.3, 0.4) is 0 Å². The van der Waals surface area contributed by atoms with Crippen LogP contribution in [0.15, 0.2) is 77.7 Å². The highest BCUT2D eigenvalue weighted by molar-refractivity contribution is 7.80. The zero-order valence-corrected chi connectivity index (χ0v) is 14.5. The Morgan fingerprint density at radius 3 is 2.00 bits per heavy atom. The first-order valence-corrected chi connectivity index (χ1v) is 8.19. The molecule has 3 aromatic rings. The van der Waals surface area contributed by atoms with Gasteiger partial charge in [0, 0.05) is 4.90 Å². The molecule has 0 aliphatic heterocycles. The van der Waals surface area contributed by atoms with Crippen molar-refractivity contribution in [2.45, 2.75) is 4.90 Å². The number of hydrogen-bond acceptors (Lipinski definition) is 3. The first kappa shape index (κ1) is 17.3. The number of amides is 1. The fourth-order valence-electron chi connectivity index (χ4n) is 2.25. The van der Waals surface area contributed by atoms with Gasteiger partial charge in [-0.15, -0.1) is 12.6 Å². The van der Waals surface area contributed by atoms with E-state index in [4.69, 9.17) is 16.3 Å². The summed E-state index contributed by atoms with van der Waals surface area (Å²) >= 11 is 9.93. The van der Waals surface area contributed by atoms with Crippen LogP contribution < -0.4 is 9.64 Å². The van der Waals surface area contributed by atoms with Crippen molar-refractivity contribution in [1.82, 2.24) is 0 Å². The Bertz CT molecular complexity index is 851. The summed E-state index contributed by atoms with van der Waals surface area (Å²) in [6, 6.07) is 20.2. The molecule has 0 atom stereocenters. The second kappa shape index (κ2) is 7.59. The van der Waals surface area contributed by atoms with Crippen molar-refractivity contribution in [3.8, 4) is 5.75 Å². The van der Waals surface area contributed by atoms with Crippen LogP contribution in [0, 0.1) is 5.82 Å². The van der Waals surface area contributed by atoms with Gasteiger partial charge in [-0.05, 0) is 36.4 Å². The fraction of sp³-hybridized carbons (Fsp3) is 0. The molecule has 0 aliphatic rings. The van der Waals surface area contributed by atoms with Gasteiger partial charge in [0.05, 0.1) is 16.4 Å². The van der Waals surface area contributed by atoms with E-state index in [9.17, 15) is 9.18 Å². The third kappa shape index (κ3) is 3.95. The van der Waals surface area contributed by atoms with E-state index < -0.39 is 11.9 Å². The lowest BCUT2D eigenvalue weighted by Crippen LogP contribution is -2.29. The highest BCUT2D eigenvalue weighted by Crippen LogP contribution is 2.31. The molecule has 0 aromatic heterocycles. The Hall–Kier alpha value is -2.50. The van der Waals surface area contributed by atoms with E-state index in [-0.39, 0.29) is 10.8 Å². The second-order valence-corrected chi connectivity index (χ2v) is 6.00. The van der Waals surface area contributed by atoms with Crippen molar-refractivity contribution in [2.75, 3.05) is 4.90 Å². The van der Waals surface area contributed by atoms with Gasteiger partial charge in [-0.2, -0.15) is 0 Å². The Morgan fingerprint density at radius 2 is 1.48 bits per heavy atom. The molecule has 0 radical (unpaired) electrons. The van der Waals surface area contributed by atoms with Crippen LogP contribution in [-0.2, 0) is 0 Å². The summed E-state index contributed by atoms with van der Waals surface area (Å²) in [5, 5.41) is 0.142. The van der Waals surface area contributed by atoms with Crippen LogP contribution in [0.1, 0.15) is 0 Å². The van der Waals surface area contributed by atoms with Crippen molar-refractivity contribution >= 4 is 41.7 Å². The lowest BCUT2D eigenvalue weighted by molar-refractivity contribution is 0.208. The molecule has 6 heteroatoms. The van der Waals surface area contributed by atoms with Gasteiger partial charge < -0.3 is 4.74 Å². The minimum absolute atomic E-state index is 0.142. The second-order valence-electron chi connectivity index (χ2n) is 5.11. The predicted octanol–water partition coefficient (Wildman–Crippen LogP) is 6.10. The van der Waals surface area contributed by atoms with E-state index in [2.05, 4.69) is 12.6 Å². The maximum atomic E-state index is 14.0. The van der Waals surface area contributed by atoms with Crippen LogP contribution >= 0.6 is 24.2 Å². The fourth-order valence-corrected chi connectivity index (χ4v) is 2.58. The number of para-hydroxylation sites is 2. The Morgan fingerprint density at radius 1 is 0.960 bits per heavy atom. The van der Waals surface area contributed by atoms with Gasteiger partial charge in [0.25, 0.3) is 0 Å². The predicted molar refractivity (Wildman–Crippen MR) is 99.7 cm³/mol. The van der Waals surface area contributed by atoms with Crippen LogP contribution in [0.4, 0.5) is 20.6 Å². The van der Waals surface area contributed by atoms with E-state index in [1.165, 1.54) is 11.0 Å². The molecule has 126 valence electrons. The Kier molecular flexibility index (Phi) is 5.26. The number of hydrogen-bond donors (Lipinski definition) is 1. The summed E-state index contributed by atoms with van der Waals surface area (Å²) in [5.74, 6) is -0.978. The summed E-state index contributed by atoms with van der Waals surface area (Å²) < 4.78 is 19.3. The van der Waals surface area contributed by atoms with E-state index in [1.807, 2.05) is 12.1 Å². The summed E-state index contributed by atoms with van der Waals surface area (Å²) in [4.78, 5) is 14.4. The zero-order valence-electron chi connectivity index (χ0n) is 12.9. The molecule has 0 heterocycles. The van der Waals surface area contributed by atoms with Gasteiger partial charge in [-0.3, -0.25) is 0 Å². The average Bonchev–Trinajstić information content (AvgIpc) is 2.62. The van der Waals surface area contributed by atoms with Gasteiger partial charge in [-0.1, -0.05) is 48.0 Å². The van der Waals surface area contributed by atoms with Gasteiger partial charge in [0.1, 0.15) is 0 Å². The largest absolute Gasteiger partial charge is 0.424 e. The molecule has 0 unspecified atom stereocenters. The monoisotopic (exact) mass is 373 g/mol. The number of thiol groups is 1. The van der Waals surface area contributed by atoms with Crippen LogP contribution in [0.25, 0.3) is 0 Å². The van der Waals surface area contributed by atoms with Gasteiger partial charge in [0.15, 0.2) is 11.6 Å². The topological polar surface area (TPSA) is 29.5 Å². The van der Waals surface area contributed by atoms with Crippen LogP contribution in [0.5, 0.6) is 5.75 Å². The highest BCUT2D eigenvalue weighted by atomic mass is 35.5. The quantitative estimate of drug-likeness (QED) is 0.561. The number of benzene rings is 3. The molecule has 0 N–H and O–H groups in total. The maximum Gasteiger partial charge on any atom is 0.424 e. The molecule has 25 heavy (non-hydrogen) atoms. The minimum atomic E-state index is -0.744. The summed E-state index contributed by atoms with van der Waals surface area (Å²) in [6.07, 6.45) is -0.744. The van der Waals surface area contributed by atoms with Crippen LogP contribution in [-0.4, -0.2) is 6.09 Å². The Labute approximate surface area is 155 Å². The SMILES string of the molecule is O=C(Oc1cc(S)c(Cl)cc1F)N(c1ccccc1)c1ccccc1. The number of ether oxygens (including phenoxy) is 1. The summed E-state index contributed by atoms with van der Waals surface area (Å²) in [6.45, 7) is 0. The number of halogens is 2. The molecule has 0 fully saturated rings. The van der Waals surface area contributed by atoms with Crippen molar-refractivity contribution < 1.29 is 13.9 Å². The molecule has 0 saturated carbocycles. The van der Waals surface area contributed by atoms with Crippen molar-refractivity contribution in [3.05, 3.63) is 83.6 Å². The highest BCUT2D eigenvalue weighted by Gasteiger charge is 2.22. The third-order valence-electron chi connectivity index (χ3n) is 3.41. The van der Waals surface area contributed by atoms with Crippen molar-refractivity contribution in [1.29, 1.82) is 0 Å². The molecule has 3 aromatic carbocycles. The van der Waals surface area contributed by atoms with Crippen molar-refractivity contribution in [3.63, 3.8) is 0 Å². The Balaban J connectivity index is 1.97. The standard InChI is InChI=1S/C19H13ClFNO2S/c20-15-11-16(21)17(12-18(15)25)24-19(23)22(13-7-3-1-4-8-13)14-9-5-2-6-10-14/h1-12,25H. The number of nitrogens with zero attached hydrogens (tertiary/aromatic N) is 1. The van der Waals surface area contributed by atoms with Gasteiger partial charge in [0.2, 0.25) is 0 Å². The summed E-state index contributed by atoms with van der Waals surface area (Å²) in [5.41, 5.74) is 1.19. The van der Waals surface area contributed by atoms with E-state index in [0.717, 1.165) is 6.07 Å². The first-order valence-electron chi connectivity index (χ1n) is 7.36. The van der Waals surface area contributed by atoms with E-state index >= 15 is 0 Å². The normalized spacial score (nSPS) is 10.4. The first-order chi connectivity index (χ1) is 12.1. The number of carbonyl (C=O) groups excluding carboxylic acids is 1. The zero-order chi connectivity index (χ0) is 17.8. The number of anilines is 2. The van der Waals surface area contributed by atoms with E-state index in [1.54, 1.807) is 48.5 Å². The third-order valence-corrected chi connectivity index (χ3v) is 4.22. The summed E-state index contributed by atoms with van der Waals surface area (Å²) in [7, 11) is 0. The number of rotatable bonds is 3.